The van der Waals surface area contributed by atoms with Crippen LogP contribution < -0.4 is 65.9 Å². The minimum Gasteiger partial charge on any atom is -0.370 e. The molecule has 2 aromatic rings. The Morgan fingerprint density at radius 1 is 0.647 bits per heavy atom. The van der Waals surface area contributed by atoms with E-state index >= 15 is 0 Å². The van der Waals surface area contributed by atoms with Crippen LogP contribution in [0.25, 0.3) is 0 Å². The molecule has 0 aliphatic rings. The Labute approximate surface area is 398 Å². The van der Waals surface area contributed by atoms with Gasteiger partial charge in [-0.15, -0.1) is 0 Å². The third kappa shape index (κ3) is 20.9. The van der Waals surface area contributed by atoms with Gasteiger partial charge < -0.3 is 70.9 Å². The summed E-state index contributed by atoms with van der Waals surface area (Å²) in [6.07, 6.45) is 5.22. The molecule has 0 bridgehead atoms. The molecule has 1 heterocycles. The smallest absolute Gasteiger partial charge is 0.243 e. The average Bonchev–Trinajstić information content (AvgIpc) is 3.80. The van der Waals surface area contributed by atoms with Gasteiger partial charge in [-0.2, -0.15) is 0 Å². The maximum Gasteiger partial charge on any atom is 0.243 e. The van der Waals surface area contributed by atoms with Gasteiger partial charge in [0, 0.05) is 31.3 Å². The van der Waals surface area contributed by atoms with Crippen LogP contribution in [0.3, 0.4) is 0 Å². The van der Waals surface area contributed by atoms with Crippen molar-refractivity contribution in [1.29, 1.82) is 0 Å². The number of primary amides is 1. The number of aromatic nitrogens is 2. The first-order chi connectivity index (χ1) is 32.2. The summed E-state index contributed by atoms with van der Waals surface area (Å²) in [5, 5.41) is 18.6. The van der Waals surface area contributed by atoms with Gasteiger partial charge in [-0.25, -0.2) is 4.98 Å². The number of amides is 8. The first kappa shape index (κ1) is 57.5. The Morgan fingerprint density at radius 2 is 1.19 bits per heavy atom. The number of carbonyl (C=O) groups excluding carboxylic acids is 8. The van der Waals surface area contributed by atoms with Crippen LogP contribution in [0.15, 0.2) is 47.8 Å². The van der Waals surface area contributed by atoms with Crippen molar-refractivity contribution < 1.29 is 38.4 Å². The van der Waals surface area contributed by atoms with E-state index in [1.165, 1.54) is 26.4 Å². The predicted molar refractivity (Wildman–Crippen MR) is 256 cm³/mol. The number of nitrogens with zero attached hydrogens (tertiary/aromatic N) is 2. The lowest BCUT2D eigenvalue weighted by Gasteiger charge is -2.29. The van der Waals surface area contributed by atoms with Gasteiger partial charge in [-0.1, -0.05) is 64.4 Å². The van der Waals surface area contributed by atoms with Gasteiger partial charge in [-0.05, 0) is 76.3 Å². The number of hydrogen-bond acceptors (Lipinski definition) is 12. The second kappa shape index (κ2) is 29.9. The van der Waals surface area contributed by atoms with Crippen molar-refractivity contribution in [1.82, 2.24) is 47.2 Å². The standard InChI is InChI=1S/C45H75N15O8/c1-7-26(4)36(44(68)58-34(37(48)61)21-29-14-9-8-10-15-29)60-43(67)35(20-25(2)3)59-42(66)33(17-13-19-52-45(49)50)57-39(63)28(6)55-41(65)32(16-11-12-18-46)56-38(62)27(5)54-40(64)31(47)22-30-23-51-24-53-30/h8-10,14-15,23-28,31-36H,7,11-13,16-22,46-47H2,1-6H3,(H2,48,61)(H,51,53)(H,54,64)(H,55,65)(H,56,62)(H,57,63)(H,58,68)(H,59,66)(H,60,67)(H4,49,50,52)/t26-,27-,28-,31-,32-,33-,34-,35-,36-/m0/s1. The third-order valence-electron chi connectivity index (χ3n) is 11.1. The van der Waals surface area contributed by atoms with E-state index in [4.69, 9.17) is 28.7 Å². The number of aromatic amines is 1. The van der Waals surface area contributed by atoms with E-state index < -0.39 is 102 Å². The molecule has 0 saturated carbocycles. The van der Waals surface area contributed by atoms with E-state index in [2.05, 4.69) is 52.2 Å². The number of unbranched alkanes of at least 4 members (excludes halogenated alkanes) is 1. The van der Waals surface area contributed by atoms with Crippen LogP contribution in [0.2, 0.25) is 0 Å². The first-order valence-corrected chi connectivity index (χ1v) is 23.1. The molecular formula is C45H75N15O8. The molecule has 0 unspecified atom stereocenters. The Kier molecular flexibility index (Phi) is 25.3. The van der Waals surface area contributed by atoms with E-state index in [0.717, 1.165) is 5.56 Å². The number of imidazole rings is 1. The minimum absolute atomic E-state index is 0.00574. The molecule has 0 saturated heterocycles. The third-order valence-corrected chi connectivity index (χ3v) is 11.1. The molecule has 0 radical (unpaired) electrons. The molecule has 23 nitrogen and oxygen atoms in total. The van der Waals surface area contributed by atoms with E-state index in [1.807, 2.05) is 26.8 Å². The van der Waals surface area contributed by atoms with Gasteiger partial charge in [0.05, 0.1) is 12.4 Å². The molecule has 0 fully saturated rings. The zero-order valence-corrected chi connectivity index (χ0v) is 40.1. The molecule has 0 aliphatic heterocycles. The van der Waals surface area contributed by atoms with Gasteiger partial charge in [0.25, 0.3) is 0 Å². The lowest BCUT2D eigenvalue weighted by Crippen LogP contribution is -2.60. The molecular weight excluding hydrogens is 879 g/mol. The zero-order chi connectivity index (χ0) is 50.9. The van der Waals surface area contributed by atoms with Crippen LogP contribution in [0.5, 0.6) is 0 Å². The molecule has 0 spiro atoms. The topological polar surface area (TPSA) is 392 Å². The Bertz CT molecular complexity index is 1960. The van der Waals surface area contributed by atoms with Gasteiger partial charge in [0.2, 0.25) is 47.3 Å². The monoisotopic (exact) mass is 954 g/mol. The summed E-state index contributed by atoms with van der Waals surface area (Å²) in [5.41, 5.74) is 29.8. The number of guanidine groups is 1. The summed E-state index contributed by atoms with van der Waals surface area (Å²) >= 11 is 0. The number of hydrogen-bond donors (Lipinski definition) is 13. The maximum atomic E-state index is 14.1. The second-order valence-electron chi connectivity index (χ2n) is 17.4. The Balaban J connectivity index is 2.25. The molecule has 1 aromatic heterocycles. The number of nitrogens with two attached hydrogens (primary N) is 5. The normalized spacial score (nSPS) is 15.1. The highest BCUT2D eigenvalue weighted by Crippen LogP contribution is 2.13. The van der Waals surface area contributed by atoms with Crippen molar-refractivity contribution in [2.45, 2.75) is 148 Å². The van der Waals surface area contributed by atoms with Crippen molar-refractivity contribution in [3.05, 3.63) is 54.1 Å². The largest absolute Gasteiger partial charge is 0.370 e. The van der Waals surface area contributed by atoms with E-state index in [-0.39, 0.29) is 56.9 Å². The van der Waals surface area contributed by atoms with E-state index in [1.54, 1.807) is 31.2 Å². The molecule has 378 valence electrons. The number of rotatable bonds is 31. The van der Waals surface area contributed by atoms with E-state index in [9.17, 15) is 38.4 Å². The fourth-order valence-electron chi connectivity index (χ4n) is 6.88. The molecule has 8 amide bonds. The van der Waals surface area contributed by atoms with Crippen molar-refractivity contribution in [2.24, 2.45) is 45.5 Å². The lowest BCUT2D eigenvalue weighted by molar-refractivity contribution is -0.136. The molecule has 23 heteroatoms. The summed E-state index contributed by atoms with van der Waals surface area (Å²) in [6, 6.07) is -0.0701. The molecule has 18 N–H and O–H groups in total. The summed E-state index contributed by atoms with van der Waals surface area (Å²) in [7, 11) is 0. The fraction of sp³-hybridized carbons (Fsp3) is 0.600. The van der Waals surface area contributed by atoms with Crippen molar-refractivity contribution in [3.8, 4) is 0 Å². The second-order valence-corrected chi connectivity index (χ2v) is 17.4. The van der Waals surface area contributed by atoms with Gasteiger partial charge in [0.15, 0.2) is 5.96 Å². The Hall–Kier alpha value is -6.62. The van der Waals surface area contributed by atoms with Gasteiger partial charge >= 0.3 is 0 Å². The summed E-state index contributed by atoms with van der Waals surface area (Å²) in [4.78, 5) is 118. The van der Waals surface area contributed by atoms with Crippen molar-refractivity contribution >= 4 is 53.2 Å². The maximum absolute atomic E-state index is 14.1. The fourth-order valence-corrected chi connectivity index (χ4v) is 6.88. The number of aliphatic imine (C=N–C) groups is 1. The lowest BCUT2D eigenvalue weighted by atomic mass is 9.95. The SMILES string of the molecule is CC[C@H](C)[C@H](NC(=O)[C@H](CC(C)C)NC(=O)[C@H](CCCN=C(N)N)NC(=O)[C@H](C)NC(=O)[C@H](CCCCN)NC(=O)[C@H](C)NC(=O)[C@@H](N)Cc1cnc[nH]1)C(=O)N[C@@H](Cc1ccccc1)C(N)=O. The van der Waals surface area contributed by atoms with Gasteiger partial charge in [-0.3, -0.25) is 43.3 Å². The summed E-state index contributed by atoms with van der Waals surface area (Å²) in [5.74, 6) is -6.27. The summed E-state index contributed by atoms with van der Waals surface area (Å²) < 4.78 is 0. The molecule has 0 aliphatic carbocycles. The van der Waals surface area contributed by atoms with Crippen LogP contribution in [0, 0.1) is 11.8 Å². The number of nitrogens with one attached hydrogen (secondary N) is 8. The number of H-pyrrole nitrogens is 1. The molecule has 68 heavy (non-hydrogen) atoms. The average molecular weight is 954 g/mol. The van der Waals surface area contributed by atoms with E-state index in [0.29, 0.717) is 31.5 Å². The van der Waals surface area contributed by atoms with Crippen LogP contribution in [-0.4, -0.2) is 125 Å². The predicted octanol–water partition coefficient (Wildman–Crippen LogP) is -2.28. The zero-order valence-electron chi connectivity index (χ0n) is 40.1. The van der Waals surface area contributed by atoms with Crippen molar-refractivity contribution in [2.75, 3.05) is 13.1 Å². The highest BCUT2D eigenvalue weighted by Gasteiger charge is 2.34. The van der Waals surface area contributed by atoms with Crippen molar-refractivity contribution in [3.63, 3.8) is 0 Å². The van der Waals surface area contributed by atoms with Gasteiger partial charge in [0.1, 0.15) is 42.3 Å². The highest BCUT2D eigenvalue weighted by molar-refractivity contribution is 5.97. The first-order valence-electron chi connectivity index (χ1n) is 23.1. The summed E-state index contributed by atoms with van der Waals surface area (Å²) in [6.45, 7) is 10.5. The quantitative estimate of drug-likeness (QED) is 0.0216. The van der Waals surface area contributed by atoms with Crippen LogP contribution in [0.4, 0.5) is 0 Å². The van der Waals surface area contributed by atoms with Crippen LogP contribution >= 0.6 is 0 Å². The molecule has 9 atom stereocenters. The van der Waals surface area contributed by atoms with Crippen LogP contribution in [0.1, 0.15) is 97.7 Å². The molecule has 2 rings (SSSR count). The highest BCUT2D eigenvalue weighted by atomic mass is 16.2. The van der Waals surface area contributed by atoms with Crippen LogP contribution in [-0.2, 0) is 51.2 Å². The number of benzene rings is 1. The molecule has 1 aromatic carbocycles. The minimum atomic E-state index is -1.26. The number of carbonyl (C=O) groups is 8. The Morgan fingerprint density at radius 3 is 1.72 bits per heavy atom.